The Kier molecular flexibility index (Phi) is 10.4. The van der Waals surface area contributed by atoms with E-state index in [9.17, 15) is 17.6 Å². The number of methoxy groups -OCH3 is 1. The monoisotopic (exact) mass is 685 g/mol. The Hall–Kier alpha value is -4.20. The van der Waals surface area contributed by atoms with Crippen LogP contribution in [-0.2, 0) is 10.0 Å². The minimum atomic E-state index is -3.96. The van der Waals surface area contributed by atoms with Crippen molar-refractivity contribution in [2.45, 2.75) is 4.21 Å². The van der Waals surface area contributed by atoms with Crippen LogP contribution < -0.4 is 4.74 Å². The number of hydrogen-bond donors (Lipinski definition) is 1. The molecule has 0 fully saturated rings. The van der Waals surface area contributed by atoms with E-state index in [2.05, 4.69) is 20.2 Å². The van der Waals surface area contributed by atoms with E-state index in [1.807, 2.05) is 18.2 Å². The van der Waals surface area contributed by atoms with Gasteiger partial charge in [0.2, 0.25) is 0 Å². The van der Waals surface area contributed by atoms with Gasteiger partial charge in [-0.2, -0.15) is 9.40 Å². The number of carbonyl (C=O) groups is 1. The van der Waals surface area contributed by atoms with E-state index in [0.29, 0.717) is 27.4 Å². The smallest absolute Gasteiger partial charge is 0.252 e. The summed E-state index contributed by atoms with van der Waals surface area (Å²) in [6, 6.07) is 21.6. The SMILES string of the molecule is COc1cccc(C(=O)CN(C)S(=O)(=O)c2ccc(-c3ncnc4ccc(-c5cn[nH]c5-c5ccc(F)cc5)cc34)s2)c1.Cl.Cl. The van der Waals surface area contributed by atoms with Gasteiger partial charge < -0.3 is 4.74 Å². The fourth-order valence-electron chi connectivity index (χ4n) is 4.68. The van der Waals surface area contributed by atoms with E-state index >= 15 is 0 Å². The van der Waals surface area contributed by atoms with Gasteiger partial charge in [0.1, 0.15) is 22.1 Å². The van der Waals surface area contributed by atoms with Crippen LogP contribution in [0.4, 0.5) is 4.39 Å². The summed E-state index contributed by atoms with van der Waals surface area (Å²) in [5, 5.41) is 7.92. The molecule has 0 radical (unpaired) electrons. The molecule has 3 aromatic heterocycles. The minimum absolute atomic E-state index is 0. The molecule has 3 heterocycles. The number of aromatic nitrogens is 4. The van der Waals surface area contributed by atoms with Crippen molar-refractivity contribution in [2.75, 3.05) is 20.7 Å². The molecule has 232 valence electrons. The molecule has 0 aliphatic carbocycles. The van der Waals surface area contributed by atoms with Crippen molar-refractivity contribution in [1.82, 2.24) is 24.5 Å². The van der Waals surface area contributed by atoms with E-state index in [-0.39, 0.29) is 47.2 Å². The molecular weight excluding hydrogens is 660 g/mol. The molecule has 0 saturated heterocycles. The molecule has 0 spiro atoms. The van der Waals surface area contributed by atoms with Gasteiger partial charge in [0.05, 0.1) is 41.6 Å². The zero-order valence-electron chi connectivity index (χ0n) is 23.8. The van der Waals surface area contributed by atoms with Gasteiger partial charge in [-0.1, -0.05) is 18.2 Å². The number of hydrogen-bond acceptors (Lipinski definition) is 8. The number of likely N-dealkylation sites (N-methyl/N-ethyl adjacent to an activating group) is 1. The van der Waals surface area contributed by atoms with Crippen LogP contribution in [-0.4, -0.2) is 59.4 Å². The Bertz CT molecular complexity index is 2090. The molecule has 0 amide bonds. The van der Waals surface area contributed by atoms with Gasteiger partial charge in [0, 0.05) is 29.1 Å². The summed E-state index contributed by atoms with van der Waals surface area (Å²) in [6.07, 6.45) is 3.13. The first-order valence-electron chi connectivity index (χ1n) is 13.0. The molecule has 0 aliphatic rings. The number of nitrogens with one attached hydrogen (secondary N) is 1. The van der Waals surface area contributed by atoms with Gasteiger partial charge in [0.15, 0.2) is 5.78 Å². The molecule has 0 aliphatic heterocycles. The summed E-state index contributed by atoms with van der Waals surface area (Å²) in [4.78, 5) is 22.3. The Labute approximate surface area is 275 Å². The second-order valence-corrected chi connectivity index (χ2v) is 13.0. The molecule has 6 aromatic rings. The van der Waals surface area contributed by atoms with Gasteiger partial charge >= 0.3 is 0 Å². The number of aromatic amines is 1. The predicted octanol–water partition coefficient (Wildman–Crippen LogP) is 6.91. The third kappa shape index (κ3) is 6.75. The van der Waals surface area contributed by atoms with E-state index in [4.69, 9.17) is 4.74 Å². The number of sulfonamides is 1. The number of H-pyrrole nitrogens is 1. The van der Waals surface area contributed by atoms with E-state index in [1.165, 1.54) is 38.7 Å². The van der Waals surface area contributed by atoms with Gasteiger partial charge in [-0.25, -0.2) is 22.8 Å². The van der Waals surface area contributed by atoms with Gasteiger partial charge in [-0.05, 0) is 66.2 Å². The van der Waals surface area contributed by atoms with Gasteiger partial charge in [0.25, 0.3) is 10.0 Å². The van der Waals surface area contributed by atoms with E-state index in [1.54, 1.807) is 48.7 Å². The Morgan fingerprint density at radius 1 is 0.978 bits per heavy atom. The molecule has 45 heavy (non-hydrogen) atoms. The summed E-state index contributed by atoms with van der Waals surface area (Å²) >= 11 is 1.06. The predicted molar refractivity (Wildman–Crippen MR) is 177 cm³/mol. The number of Topliss-reactive ketones (excluding diaryl/α,β-unsaturated/α-hetero) is 1. The highest BCUT2D eigenvalue weighted by Crippen LogP contribution is 2.37. The first-order valence-corrected chi connectivity index (χ1v) is 15.3. The van der Waals surface area contributed by atoms with Crippen molar-refractivity contribution in [1.29, 1.82) is 0 Å². The molecule has 0 atom stereocenters. The normalized spacial score (nSPS) is 11.2. The zero-order valence-corrected chi connectivity index (χ0v) is 27.1. The van der Waals surface area contributed by atoms with E-state index < -0.39 is 10.0 Å². The lowest BCUT2D eigenvalue weighted by atomic mass is 9.99. The first kappa shape index (κ1) is 33.7. The topological polar surface area (TPSA) is 118 Å². The maximum atomic E-state index is 13.5. The number of fused-ring (bicyclic) bond motifs is 1. The Balaban J connectivity index is 0.00000230. The van der Waals surface area contributed by atoms with Crippen LogP contribution in [0.15, 0.2) is 95.6 Å². The molecule has 0 unspecified atom stereocenters. The van der Waals surface area contributed by atoms with Crippen molar-refractivity contribution in [2.24, 2.45) is 0 Å². The number of nitrogens with zero attached hydrogens (tertiary/aromatic N) is 4. The molecule has 0 saturated carbocycles. The lowest BCUT2D eigenvalue weighted by Crippen LogP contribution is -2.31. The maximum Gasteiger partial charge on any atom is 0.252 e. The molecular formula is C31H26Cl2FN5O4S2. The van der Waals surface area contributed by atoms with E-state index in [0.717, 1.165) is 43.4 Å². The Morgan fingerprint density at radius 3 is 2.49 bits per heavy atom. The van der Waals surface area contributed by atoms with Gasteiger partial charge in [-0.3, -0.25) is 9.89 Å². The standard InChI is InChI=1S/C31H24FN5O4S2.2ClH/c1-37(17-27(38)21-4-3-5-23(14-21)41-2)43(39,40)29-13-12-28(42-29)31-24-15-20(8-11-26(24)33-18-34-31)25-16-35-36-30(25)19-6-9-22(32)10-7-19;;/h3-16,18H,17H2,1-2H3,(H,35,36);2*1H. The van der Waals surface area contributed by atoms with Crippen molar-refractivity contribution >= 4 is 62.9 Å². The van der Waals surface area contributed by atoms with Crippen LogP contribution in [0.2, 0.25) is 0 Å². The highest BCUT2D eigenvalue weighted by Gasteiger charge is 2.26. The van der Waals surface area contributed by atoms with Crippen molar-refractivity contribution < 1.29 is 22.3 Å². The first-order chi connectivity index (χ1) is 20.7. The minimum Gasteiger partial charge on any atom is -0.497 e. The zero-order chi connectivity index (χ0) is 30.1. The average Bonchev–Trinajstić information content (AvgIpc) is 3.72. The highest BCUT2D eigenvalue weighted by molar-refractivity contribution is 7.91. The van der Waals surface area contributed by atoms with Crippen LogP contribution >= 0.6 is 36.2 Å². The fraction of sp³-hybridized carbons (Fsp3) is 0.0968. The maximum absolute atomic E-state index is 13.5. The third-order valence-corrected chi connectivity index (χ3v) is 10.3. The summed E-state index contributed by atoms with van der Waals surface area (Å²) in [7, 11) is -1.09. The number of ketones is 1. The van der Waals surface area contributed by atoms with Crippen LogP contribution in [0.3, 0.4) is 0 Å². The number of carbonyl (C=O) groups excluding carboxylic acids is 1. The summed E-state index contributed by atoms with van der Waals surface area (Å²) < 4.78 is 46.6. The van der Waals surface area contributed by atoms with Crippen molar-refractivity contribution in [3.63, 3.8) is 0 Å². The summed E-state index contributed by atoms with van der Waals surface area (Å²) in [5.41, 5.74) is 4.75. The molecule has 0 bridgehead atoms. The molecule has 3 aromatic carbocycles. The second-order valence-electron chi connectivity index (χ2n) is 9.65. The highest BCUT2D eigenvalue weighted by atomic mass is 35.5. The van der Waals surface area contributed by atoms with Crippen molar-refractivity contribution in [3.05, 3.63) is 103 Å². The fourth-order valence-corrected chi connectivity index (χ4v) is 7.33. The number of thiophene rings is 1. The van der Waals surface area contributed by atoms with Crippen LogP contribution in [0.1, 0.15) is 10.4 Å². The molecule has 9 nitrogen and oxygen atoms in total. The van der Waals surface area contributed by atoms with Crippen LogP contribution in [0.25, 0.3) is 43.9 Å². The van der Waals surface area contributed by atoms with Crippen LogP contribution in [0.5, 0.6) is 5.75 Å². The number of ether oxygens (including phenoxy) is 1. The quantitative estimate of drug-likeness (QED) is 0.164. The summed E-state index contributed by atoms with van der Waals surface area (Å²) in [6.45, 7) is -0.330. The second kappa shape index (κ2) is 13.8. The lowest BCUT2D eigenvalue weighted by molar-refractivity contribution is 0.0972. The largest absolute Gasteiger partial charge is 0.497 e. The number of benzene rings is 3. The Morgan fingerprint density at radius 2 is 1.73 bits per heavy atom. The summed E-state index contributed by atoms with van der Waals surface area (Å²) in [5.74, 6) is -0.168. The molecule has 14 heteroatoms. The lowest BCUT2D eigenvalue weighted by Gasteiger charge is -2.15. The third-order valence-electron chi connectivity index (χ3n) is 6.96. The average molecular weight is 687 g/mol. The number of rotatable bonds is 9. The molecule has 6 rings (SSSR count). The van der Waals surface area contributed by atoms with Crippen molar-refractivity contribution in [3.8, 4) is 38.7 Å². The van der Waals surface area contributed by atoms with Crippen LogP contribution in [0, 0.1) is 5.82 Å². The molecule has 1 N–H and O–H groups in total. The number of halogens is 3. The van der Waals surface area contributed by atoms with Gasteiger partial charge in [-0.15, -0.1) is 36.2 Å².